The van der Waals surface area contributed by atoms with Crippen molar-refractivity contribution in [3.05, 3.63) is 29.3 Å². The minimum Gasteiger partial charge on any atom is -0.484 e. The largest absolute Gasteiger partial charge is 0.484 e. The lowest BCUT2D eigenvalue weighted by atomic mass is 9.71. The number of rotatable bonds is 7. The maximum absolute atomic E-state index is 11.0. The molecule has 0 bridgehead atoms. The summed E-state index contributed by atoms with van der Waals surface area (Å²) in [4.78, 5) is 11.0. The normalized spacial score (nSPS) is 12.3. The Kier molecular flexibility index (Phi) is 5.86. The predicted molar refractivity (Wildman–Crippen MR) is 89.4 cm³/mol. The van der Waals surface area contributed by atoms with E-state index in [9.17, 15) is 4.79 Å². The van der Waals surface area contributed by atoms with Gasteiger partial charge in [0.15, 0.2) is 6.61 Å². The molecule has 0 heterocycles. The van der Waals surface area contributed by atoms with Gasteiger partial charge in [0.05, 0.1) is 0 Å². The van der Waals surface area contributed by atoms with Crippen LogP contribution in [-0.2, 0) is 15.6 Å². The lowest BCUT2D eigenvalue weighted by Gasteiger charge is -2.35. The van der Waals surface area contributed by atoms with Crippen molar-refractivity contribution in [2.45, 2.75) is 65.2 Å². The van der Waals surface area contributed by atoms with Crippen LogP contribution in [0.5, 0.6) is 5.75 Å². The van der Waals surface area contributed by atoms with Crippen LogP contribution in [0, 0.1) is 0 Å². The summed E-state index contributed by atoms with van der Waals surface area (Å²) in [5.41, 5.74) is 2.52. The lowest BCUT2D eigenvalue weighted by Crippen LogP contribution is -2.26. The molecule has 1 aromatic rings. The van der Waals surface area contributed by atoms with Gasteiger partial charge in [-0.15, -0.1) is 0 Å². The van der Waals surface area contributed by atoms with E-state index in [0.29, 0.717) is 0 Å². The molecule has 3 heteroatoms. The zero-order valence-corrected chi connectivity index (χ0v) is 14.8. The third-order valence-electron chi connectivity index (χ3n) is 4.54. The monoisotopic (exact) mass is 310 g/mol. The Bertz CT molecular complexity index is 504. The second kappa shape index (κ2) is 6.83. The topological polar surface area (TPSA) is 26.3 Å². The van der Waals surface area contributed by atoms with Crippen molar-refractivity contribution in [1.82, 2.24) is 0 Å². The summed E-state index contributed by atoms with van der Waals surface area (Å²) in [6, 6.07) is 6.10. The molecule has 0 fully saturated rings. The van der Waals surface area contributed by atoms with Crippen LogP contribution in [-0.4, -0.2) is 11.8 Å². The minimum absolute atomic E-state index is 0.0201. The maximum atomic E-state index is 11.0. The van der Waals surface area contributed by atoms with Gasteiger partial charge in [0, 0.05) is 5.56 Å². The van der Waals surface area contributed by atoms with Gasteiger partial charge in [-0.1, -0.05) is 53.7 Å². The number of ether oxygens (including phenoxy) is 1. The number of benzene rings is 1. The fourth-order valence-electron chi connectivity index (χ4n) is 2.42. The lowest BCUT2D eigenvalue weighted by molar-refractivity contribution is -0.113. The molecule has 1 aromatic carbocycles. The summed E-state index contributed by atoms with van der Waals surface area (Å²) in [5.74, 6) is 0.773. The van der Waals surface area contributed by atoms with Crippen LogP contribution in [0.2, 0.25) is 0 Å². The molecular weight excluding hydrogens is 284 g/mol. The number of halogens is 1. The Labute approximate surface area is 133 Å². The molecule has 0 aliphatic rings. The summed E-state index contributed by atoms with van der Waals surface area (Å²) in [6.07, 6.45) is 2.03. The van der Waals surface area contributed by atoms with Gasteiger partial charge in [-0.3, -0.25) is 4.79 Å². The van der Waals surface area contributed by atoms with Crippen molar-refractivity contribution in [3.63, 3.8) is 0 Å². The maximum Gasteiger partial charge on any atom is 0.259 e. The van der Waals surface area contributed by atoms with Crippen LogP contribution in [0.1, 0.15) is 65.5 Å². The van der Waals surface area contributed by atoms with Gasteiger partial charge in [-0.2, -0.15) is 0 Å². The second-order valence-corrected chi connectivity index (χ2v) is 7.22. The molecule has 2 nitrogen and oxygen atoms in total. The summed E-state index contributed by atoms with van der Waals surface area (Å²) < 4.78 is 5.69. The third-order valence-corrected chi connectivity index (χ3v) is 4.65. The van der Waals surface area contributed by atoms with Crippen LogP contribution in [0.3, 0.4) is 0 Å². The molecule has 0 N–H and O–H groups in total. The molecule has 21 heavy (non-hydrogen) atoms. The van der Waals surface area contributed by atoms with Crippen LogP contribution >= 0.6 is 11.6 Å². The van der Waals surface area contributed by atoms with E-state index in [1.165, 1.54) is 11.1 Å². The van der Waals surface area contributed by atoms with Crippen molar-refractivity contribution in [2.75, 3.05) is 6.61 Å². The molecular formula is C18H27ClO2. The molecule has 0 atom stereocenters. The van der Waals surface area contributed by atoms with E-state index in [-0.39, 0.29) is 17.4 Å². The highest BCUT2D eigenvalue weighted by Crippen LogP contribution is 2.42. The first-order valence-electron chi connectivity index (χ1n) is 7.60. The van der Waals surface area contributed by atoms with Crippen molar-refractivity contribution in [2.24, 2.45) is 0 Å². The zero-order valence-electron chi connectivity index (χ0n) is 14.0. The van der Waals surface area contributed by atoms with Crippen LogP contribution in [0.4, 0.5) is 0 Å². The standard InChI is InChI=1S/C18H27ClO2/c1-7-17(3,4)13-10-9-11-14(21-12-15(19)20)16(13)18(5,6)8-2/h9-11H,7-8,12H2,1-6H3. The van der Waals surface area contributed by atoms with Crippen molar-refractivity contribution >= 4 is 16.8 Å². The van der Waals surface area contributed by atoms with Gasteiger partial charge in [0.1, 0.15) is 5.75 Å². The van der Waals surface area contributed by atoms with Gasteiger partial charge in [0.25, 0.3) is 5.24 Å². The first-order chi connectivity index (χ1) is 9.65. The van der Waals surface area contributed by atoms with Gasteiger partial charge in [-0.25, -0.2) is 0 Å². The third kappa shape index (κ3) is 4.23. The number of carbonyl (C=O) groups is 1. The highest BCUT2D eigenvalue weighted by Gasteiger charge is 2.31. The van der Waals surface area contributed by atoms with E-state index in [2.05, 4.69) is 47.6 Å². The Balaban J connectivity index is 3.45. The fourth-order valence-corrected chi connectivity index (χ4v) is 2.47. The Hall–Kier alpha value is -1.02. The second-order valence-electron chi connectivity index (χ2n) is 6.80. The predicted octanol–water partition coefficient (Wildman–Crippen LogP) is 5.21. The average molecular weight is 311 g/mol. The summed E-state index contributed by atoms with van der Waals surface area (Å²) >= 11 is 5.42. The number of hydrogen-bond donors (Lipinski definition) is 0. The van der Waals surface area contributed by atoms with Gasteiger partial charge in [0.2, 0.25) is 0 Å². The number of hydrogen-bond acceptors (Lipinski definition) is 2. The Morgan fingerprint density at radius 3 is 2.14 bits per heavy atom. The molecule has 1 rings (SSSR count). The van der Waals surface area contributed by atoms with Crippen molar-refractivity contribution in [3.8, 4) is 5.75 Å². The van der Waals surface area contributed by atoms with Gasteiger partial charge >= 0.3 is 0 Å². The van der Waals surface area contributed by atoms with Crippen LogP contribution in [0.15, 0.2) is 18.2 Å². The highest BCUT2D eigenvalue weighted by molar-refractivity contribution is 6.63. The van der Waals surface area contributed by atoms with Crippen LogP contribution in [0.25, 0.3) is 0 Å². The summed E-state index contributed by atoms with van der Waals surface area (Å²) in [5, 5.41) is -0.476. The molecule has 0 aromatic heterocycles. The van der Waals surface area contributed by atoms with E-state index >= 15 is 0 Å². The van der Waals surface area contributed by atoms with Gasteiger partial charge in [-0.05, 0) is 46.9 Å². The molecule has 0 radical (unpaired) electrons. The molecule has 118 valence electrons. The van der Waals surface area contributed by atoms with E-state index in [0.717, 1.165) is 18.6 Å². The van der Waals surface area contributed by atoms with E-state index in [1.54, 1.807) is 0 Å². The Morgan fingerprint density at radius 2 is 1.67 bits per heavy atom. The van der Waals surface area contributed by atoms with Crippen molar-refractivity contribution < 1.29 is 9.53 Å². The smallest absolute Gasteiger partial charge is 0.259 e. The first kappa shape index (κ1) is 18.0. The van der Waals surface area contributed by atoms with Gasteiger partial charge < -0.3 is 4.74 Å². The Morgan fingerprint density at radius 1 is 1.10 bits per heavy atom. The molecule has 0 saturated heterocycles. The summed E-state index contributed by atoms with van der Waals surface area (Å²) in [7, 11) is 0. The molecule has 0 spiro atoms. The average Bonchev–Trinajstić information content (AvgIpc) is 2.44. The fraction of sp³-hybridized carbons (Fsp3) is 0.611. The first-order valence-corrected chi connectivity index (χ1v) is 7.98. The molecule has 0 aliphatic heterocycles. The van der Waals surface area contributed by atoms with E-state index in [1.807, 2.05) is 12.1 Å². The van der Waals surface area contributed by atoms with Crippen molar-refractivity contribution in [1.29, 1.82) is 0 Å². The molecule has 0 saturated carbocycles. The zero-order chi connectivity index (χ0) is 16.3. The number of carbonyl (C=O) groups excluding carboxylic acids is 1. The van der Waals surface area contributed by atoms with E-state index < -0.39 is 5.24 Å². The minimum atomic E-state index is -0.476. The SMILES string of the molecule is CCC(C)(C)c1cccc(OCC(=O)Cl)c1C(C)(C)CC. The van der Waals surface area contributed by atoms with E-state index in [4.69, 9.17) is 16.3 Å². The molecule has 0 unspecified atom stereocenters. The highest BCUT2D eigenvalue weighted by atomic mass is 35.5. The van der Waals surface area contributed by atoms with Crippen LogP contribution < -0.4 is 4.74 Å². The quantitative estimate of drug-likeness (QED) is 0.646. The molecule has 0 amide bonds. The summed E-state index contributed by atoms with van der Waals surface area (Å²) in [6.45, 7) is 13.2. The molecule has 0 aliphatic carbocycles.